The average Bonchev–Trinajstić information content (AvgIpc) is 2.36. The first-order chi connectivity index (χ1) is 8.24. The first-order valence-corrected chi connectivity index (χ1v) is 6.11. The summed E-state index contributed by atoms with van der Waals surface area (Å²) >= 11 is 0. The molecule has 94 valence electrons. The molecular formula is C14H21NO2. The van der Waals surface area contributed by atoms with Crippen molar-refractivity contribution >= 4 is 0 Å². The maximum absolute atomic E-state index is 5.27. The molecule has 0 spiro atoms. The quantitative estimate of drug-likeness (QED) is 0.746. The van der Waals surface area contributed by atoms with Crippen LogP contribution in [0.4, 0.5) is 0 Å². The van der Waals surface area contributed by atoms with E-state index in [0.29, 0.717) is 6.04 Å². The molecule has 0 saturated carbocycles. The highest BCUT2D eigenvalue weighted by atomic mass is 16.7. The monoisotopic (exact) mass is 235 g/mol. The molecule has 1 heterocycles. The number of hydrogen-bond acceptors (Lipinski definition) is 3. The number of nitrogens with zero attached hydrogens (tertiary/aromatic N) is 1. The van der Waals surface area contributed by atoms with E-state index < -0.39 is 0 Å². The van der Waals surface area contributed by atoms with Crippen LogP contribution in [0, 0.1) is 0 Å². The van der Waals surface area contributed by atoms with Gasteiger partial charge < -0.3 is 9.47 Å². The summed E-state index contributed by atoms with van der Waals surface area (Å²) in [7, 11) is 3.38. The lowest BCUT2D eigenvalue weighted by molar-refractivity contribution is -0.122. The third kappa shape index (κ3) is 2.86. The molecule has 1 atom stereocenters. The van der Waals surface area contributed by atoms with Gasteiger partial charge in [0.25, 0.3) is 0 Å². The fourth-order valence-electron chi connectivity index (χ4n) is 2.41. The van der Waals surface area contributed by atoms with E-state index in [4.69, 9.17) is 9.47 Å². The molecule has 1 aromatic carbocycles. The Balaban J connectivity index is 2.07. The second-order valence-electron chi connectivity index (χ2n) is 4.65. The molecule has 1 aliphatic rings. The van der Waals surface area contributed by atoms with Crippen LogP contribution < -0.4 is 0 Å². The van der Waals surface area contributed by atoms with Crippen molar-refractivity contribution < 1.29 is 9.47 Å². The Morgan fingerprint density at radius 3 is 2.53 bits per heavy atom. The van der Waals surface area contributed by atoms with E-state index >= 15 is 0 Å². The van der Waals surface area contributed by atoms with E-state index in [9.17, 15) is 0 Å². The van der Waals surface area contributed by atoms with Crippen LogP contribution in [0.1, 0.15) is 18.1 Å². The number of rotatable bonds is 4. The molecule has 0 bridgehead atoms. The van der Waals surface area contributed by atoms with Gasteiger partial charge in [-0.15, -0.1) is 0 Å². The molecule has 0 aliphatic carbocycles. The zero-order valence-electron chi connectivity index (χ0n) is 10.8. The van der Waals surface area contributed by atoms with Gasteiger partial charge in [-0.3, -0.25) is 4.90 Å². The van der Waals surface area contributed by atoms with Crippen molar-refractivity contribution in [2.24, 2.45) is 0 Å². The average molecular weight is 235 g/mol. The smallest absolute Gasteiger partial charge is 0.169 e. The predicted molar refractivity (Wildman–Crippen MR) is 67.8 cm³/mol. The second-order valence-corrected chi connectivity index (χ2v) is 4.65. The fraction of sp³-hybridized carbons (Fsp3) is 0.571. The number of fused-ring (bicyclic) bond motifs is 1. The zero-order valence-corrected chi connectivity index (χ0v) is 10.8. The first kappa shape index (κ1) is 12.6. The summed E-state index contributed by atoms with van der Waals surface area (Å²) < 4.78 is 10.5. The minimum atomic E-state index is -0.136. The van der Waals surface area contributed by atoms with Gasteiger partial charge in [0.2, 0.25) is 0 Å². The number of hydrogen-bond donors (Lipinski definition) is 0. The lowest BCUT2D eigenvalue weighted by atomic mass is 9.95. The van der Waals surface area contributed by atoms with E-state index in [1.165, 1.54) is 11.1 Å². The summed E-state index contributed by atoms with van der Waals surface area (Å²) in [5.41, 5.74) is 2.90. The highest BCUT2D eigenvalue weighted by molar-refractivity contribution is 5.29. The summed E-state index contributed by atoms with van der Waals surface area (Å²) in [6, 6.07) is 9.21. The van der Waals surface area contributed by atoms with Crippen LogP contribution in [-0.2, 0) is 22.4 Å². The van der Waals surface area contributed by atoms with Gasteiger partial charge in [0.1, 0.15) is 0 Å². The summed E-state index contributed by atoms with van der Waals surface area (Å²) in [6.45, 7) is 4.07. The van der Waals surface area contributed by atoms with Gasteiger partial charge in [-0.05, 0) is 24.5 Å². The van der Waals surface area contributed by atoms with Crippen molar-refractivity contribution in [1.29, 1.82) is 0 Å². The summed E-state index contributed by atoms with van der Waals surface area (Å²) in [4.78, 5) is 2.42. The van der Waals surface area contributed by atoms with Crippen LogP contribution in [-0.4, -0.2) is 38.0 Å². The topological polar surface area (TPSA) is 21.7 Å². The van der Waals surface area contributed by atoms with Gasteiger partial charge in [-0.2, -0.15) is 0 Å². The van der Waals surface area contributed by atoms with Gasteiger partial charge in [0, 0.05) is 26.8 Å². The van der Waals surface area contributed by atoms with Gasteiger partial charge in [0.05, 0.1) is 6.54 Å². The van der Waals surface area contributed by atoms with E-state index in [2.05, 4.69) is 36.1 Å². The first-order valence-electron chi connectivity index (χ1n) is 6.11. The van der Waals surface area contributed by atoms with Crippen molar-refractivity contribution in [1.82, 2.24) is 4.90 Å². The van der Waals surface area contributed by atoms with Crippen LogP contribution in [0.2, 0.25) is 0 Å². The Hall–Kier alpha value is -0.900. The molecule has 0 amide bonds. The normalized spacial score (nSPS) is 20.6. The lowest BCUT2D eigenvalue weighted by Gasteiger charge is -2.36. The zero-order chi connectivity index (χ0) is 12.3. The number of benzene rings is 1. The number of methoxy groups -OCH3 is 2. The Kier molecular flexibility index (Phi) is 4.15. The van der Waals surface area contributed by atoms with Crippen molar-refractivity contribution in [2.75, 3.05) is 20.8 Å². The minimum Gasteiger partial charge on any atom is -0.355 e. The van der Waals surface area contributed by atoms with Crippen molar-refractivity contribution in [2.45, 2.75) is 32.2 Å². The molecule has 17 heavy (non-hydrogen) atoms. The second kappa shape index (κ2) is 5.63. The van der Waals surface area contributed by atoms with E-state index in [-0.39, 0.29) is 6.29 Å². The third-order valence-corrected chi connectivity index (χ3v) is 3.54. The Labute approximate surface area is 103 Å². The Morgan fingerprint density at radius 2 is 1.88 bits per heavy atom. The van der Waals surface area contributed by atoms with Crippen molar-refractivity contribution in [3.8, 4) is 0 Å². The van der Waals surface area contributed by atoms with Gasteiger partial charge >= 0.3 is 0 Å². The lowest BCUT2D eigenvalue weighted by Crippen LogP contribution is -2.43. The third-order valence-electron chi connectivity index (χ3n) is 3.54. The molecule has 0 saturated heterocycles. The molecule has 3 heteroatoms. The highest BCUT2D eigenvalue weighted by Gasteiger charge is 2.24. The molecule has 3 nitrogen and oxygen atoms in total. The van der Waals surface area contributed by atoms with Crippen LogP contribution >= 0.6 is 0 Å². The van der Waals surface area contributed by atoms with Gasteiger partial charge in [-0.1, -0.05) is 24.3 Å². The van der Waals surface area contributed by atoms with E-state index in [1.807, 2.05) is 0 Å². The highest BCUT2D eigenvalue weighted by Crippen LogP contribution is 2.23. The maximum atomic E-state index is 5.27. The van der Waals surface area contributed by atoms with Gasteiger partial charge in [-0.25, -0.2) is 0 Å². The molecule has 2 rings (SSSR count). The fourth-order valence-corrected chi connectivity index (χ4v) is 2.41. The summed E-state index contributed by atoms with van der Waals surface area (Å²) in [5.74, 6) is 0. The molecule has 0 radical (unpaired) electrons. The molecule has 1 aliphatic heterocycles. The Bertz CT molecular complexity index is 363. The molecular weight excluding hydrogens is 214 g/mol. The van der Waals surface area contributed by atoms with Crippen LogP contribution in [0.15, 0.2) is 24.3 Å². The SMILES string of the molecule is COC(CN1Cc2ccccc2C[C@@H]1C)OC. The van der Waals surface area contributed by atoms with E-state index in [0.717, 1.165) is 19.5 Å². The predicted octanol–water partition coefficient (Wildman–Crippen LogP) is 2.05. The van der Waals surface area contributed by atoms with Crippen LogP contribution in [0.3, 0.4) is 0 Å². The summed E-state index contributed by atoms with van der Waals surface area (Å²) in [6.07, 6.45) is 0.971. The van der Waals surface area contributed by atoms with Crippen LogP contribution in [0.5, 0.6) is 0 Å². The maximum Gasteiger partial charge on any atom is 0.169 e. The molecule has 0 fully saturated rings. The molecule has 0 N–H and O–H groups in total. The van der Waals surface area contributed by atoms with E-state index in [1.54, 1.807) is 14.2 Å². The molecule has 0 unspecified atom stereocenters. The van der Waals surface area contributed by atoms with Crippen molar-refractivity contribution in [3.63, 3.8) is 0 Å². The number of ether oxygens (including phenoxy) is 2. The van der Waals surface area contributed by atoms with Gasteiger partial charge in [0.15, 0.2) is 6.29 Å². The standard InChI is InChI=1S/C14H21NO2/c1-11-8-12-6-4-5-7-13(12)9-15(11)10-14(16-2)17-3/h4-7,11,14H,8-10H2,1-3H3/t11-/m0/s1. The minimum absolute atomic E-state index is 0.136. The summed E-state index contributed by atoms with van der Waals surface area (Å²) in [5, 5.41) is 0. The van der Waals surface area contributed by atoms with Crippen LogP contribution in [0.25, 0.3) is 0 Å². The molecule has 0 aromatic heterocycles. The largest absolute Gasteiger partial charge is 0.355 e. The Morgan fingerprint density at radius 1 is 1.24 bits per heavy atom. The van der Waals surface area contributed by atoms with Crippen molar-refractivity contribution in [3.05, 3.63) is 35.4 Å². The molecule has 1 aromatic rings.